The quantitative estimate of drug-likeness (QED) is 0.621. The van der Waals surface area contributed by atoms with Crippen molar-refractivity contribution in [2.75, 3.05) is 19.8 Å². The van der Waals surface area contributed by atoms with E-state index in [0.717, 1.165) is 10.8 Å². The summed E-state index contributed by atoms with van der Waals surface area (Å²) in [5.74, 6) is -7.44. The number of pyridine rings is 1. The van der Waals surface area contributed by atoms with Gasteiger partial charge in [0.2, 0.25) is 5.43 Å². The number of aromatic hydroxyl groups is 1. The summed E-state index contributed by atoms with van der Waals surface area (Å²) >= 11 is 0. The highest BCUT2D eigenvalue weighted by Crippen LogP contribution is 2.36. The second-order valence-electron chi connectivity index (χ2n) is 8.05. The Morgan fingerprint density at radius 2 is 1.80 bits per heavy atom. The number of fused-ring (bicyclic) bond motifs is 3. The molecule has 1 aromatic heterocycles. The van der Waals surface area contributed by atoms with Crippen LogP contribution < -0.4 is 10.7 Å². The normalized spacial score (nSPS) is 19.8. The molecule has 4 rings (SSSR count). The first-order valence-corrected chi connectivity index (χ1v) is 10.2. The van der Waals surface area contributed by atoms with Gasteiger partial charge >= 0.3 is 6.18 Å². The first kappa shape index (κ1) is 24.6. The van der Waals surface area contributed by atoms with Crippen molar-refractivity contribution in [2.45, 2.75) is 31.2 Å². The molecule has 2 atom stereocenters. The number of nitrogens with zero attached hydrogens (tertiary/aromatic N) is 2. The largest absolute Gasteiger partial charge is 0.503 e. The zero-order valence-electron chi connectivity index (χ0n) is 17.7. The van der Waals surface area contributed by atoms with Crippen LogP contribution in [-0.2, 0) is 11.3 Å². The molecule has 35 heavy (non-hydrogen) atoms. The van der Waals surface area contributed by atoms with Crippen LogP contribution in [0.25, 0.3) is 0 Å². The fourth-order valence-corrected chi connectivity index (χ4v) is 4.26. The van der Waals surface area contributed by atoms with Crippen LogP contribution in [0.4, 0.5) is 26.3 Å². The fraction of sp³-hybridized carbons (Fsp3) is 0.381. The Bertz CT molecular complexity index is 1240. The minimum Gasteiger partial charge on any atom is -0.503 e. The fourth-order valence-electron chi connectivity index (χ4n) is 4.26. The molecule has 1 fully saturated rings. The van der Waals surface area contributed by atoms with Crippen molar-refractivity contribution in [1.29, 1.82) is 0 Å². The highest BCUT2D eigenvalue weighted by atomic mass is 19.4. The Labute approximate surface area is 192 Å². The maximum Gasteiger partial charge on any atom is 0.406 e. The first-order chi connectivity index (χ1) is 16.4. The molecule has 3 heterocycles. The van der Waals surface area contributed by atoms with E-state index in [9.17, 15) is 45.8 Å². The molecule has 8 nitrogen and oxygen atoms in total. The van der Waals surface area contributed by atoms with E-state index in [1.807, 2.05) is 0 Å². The second kappa shape index (κ2) is 8.91. The number of alkyl halides is 3. The molecule has 0 aliphatic carbocycles. The maximum absolute atomic E-state index is 13.8. The topological polar surface area (TPSA) is 101 Å². The monoisotopic (exact) mass is 505 g/mol. The third-order valence-corrected chi connectivity index (χ3v) is 5.85. The van der Waals surface area contributed by atoms with Crippen LogP contribution in [0.1, 0.15) is 38.9 Å². The summed E-state index contributed by atoms with van der Waals surface area (Å²) in [5, 5.41) is 12.5. The number of amides is 2. The third-order valence-electron chi connectivity index (χ3n) is 5.85. The number of hydrogen-bond donors (Lipinski definition) is 2. The van der Waals surface area contributed by atoms with Crippen molar-refractivity contribution in [3.8, 4) is 5.75 Å². The number of nitrogens with one attached hydrogen (secondary N) is 1. The van der Waals surface area contributed by atoms with Gasteiger partial charge in [-0.15, -0.1) is 0 Å². The SMILES string of the molecule is O=C(NCc1c(F)cc(F)cc1F)c1cn2c(c(O)c1=O)C(=O)N(CC(F)(F)F)[C@@H]1COCC[C@H]12. The van der Waals surface area contributed by atoms with Crippen LogP contribution in [-0.4, -0.2) is 58.4 Å². The number of rotatable bonds is 4. The van der Waals surface area contributed by atoms with Crippen molar-refractivity contribution in [2.24, 2.45) is 0 Å². The van der Waals surface area contributed by atoms with Crippen molar-refractivity contribution >= 4 is 11.8 Å². The van der Waals surface area contributed by atoms with E-state index in [2.05, 4.69) is 5.32 Å². The predicted octanol–water partition coefficient (Wildman–Crippen LogP) is 2.25. The van der Waals surface area contributed by atoms with Gasteiger partial charge in [-0.1, -0.05) is 0 Å². The van der Waals surface area contributed by atoms with Crippen molar-refractivity contribution < 1.29 is 45.8 Å². The molecule has 14 heteroatoms. The number of halogens is 6. The van der Waals surface area contributed by atoms with Gasteiger partial charge in [0.05, 0.1) is 18.7 Å². The summed E-state index contributed by atoms with van der Waals surface area (Å²) in [6.45, 7) is -2.56. The summed E-state index contributed by atoms with van der Waals surface area (Å²) in [4.78, 5) is 38.6. The molecule has 0 bridgehead atoms. The summed E-state index contributed by atoms with van der Waals surface area (Å²) in [6.07, 6.45) is -3.74. The van der Waals surface area contributed by atoms with Gasteiger partial charge in [0, 0.05) is 37.0 Å². The van der Waals surface area contributed by atoms with Crippen LogP contribution in [0, 0.1) is 17.5 Å². The highest BCUT2D eigenvalue weighted by Gasteiger charge is 2.47. The predicted molar refractivity (Wildman–Crippen MR) is 105 cm³/mol. The molecule has 1 saturated heterocycles. The third kappa shape index (κ3) is 4.57. The molecular weight excluding hydrogens is 488 g/mol. The summed E-state index contributed by atoms with van der Waals surface area (Å²) in [5.41, 5.74) is -3.48. The van der Waals surface area contributed by atoms with Gasteiger partial charge in [0.15, 0.2) is 11.4 Å². The van der Waals surface area contributed by atoms with E-state index < -0.39 is 88.6 Å². The van der Waals surface area contributed by atoms with E-state index in [4.69, 9.17) is 4.74 Å². The van der Waals surface area contributed by atoms with Crippen LogP contribution in [0.15, 0.2) is 23.1 Å². The van der Waals surface area contributed by atoms with Crippen LogP contribution >= 0.6 is 0 Å². The Morgan fingerprint density at radius 3 is 2.43 bits per heavy atom. The second-order valence-corrected chi connectivity index (χ2v) is 8.05. The molecule has 2 N–H and O–H groups in total. The average molecular weight is 505 g/mol. The van der Waals surface area contributed by atoms with Crippen molar-refractivity contribution in [1.82, 2.24) is 14.8 Å². The summed E-state index contributed by atoms with van der Waals surface area (Å²) < 4.78 is 86.4. The number of ether oxygens (including phenoxy) is 1. The molecule has 2 amide bonds. The lowest BCUT2D eigenvalue weighted by Gasteiger charge is -2.45. The lowest BCUT2D eigenvalue weighted by atomic mass is 9.95. The molecule has 2 aliphatic rings. The van der Waals surface area contributed by atoms with Crippen LogP contribution in [0.2, 0.25) is 0 Å². The molecule has 0 spiro atoms. The van der Waals surface area contributed by atoms with Gasteiger partial charge in [0.25, 0.3) is 11.8 Å². The molecule has 2 aliphatic heterocycles. The summed E-state index contributed by atoms with van der Waals surface area (Å²) in [7, 11) is 0. The Hall–Kier alpha value is -3.55. The first-order valence-electron chi connectivity index (χ1n) is 10.2. The molecule has 2 aromatic rings. The Balaban J connectivity index is 1.70. The molecule has 188 valence electrons. The standard InChI is InChI=1S/C21H17F6N3O5/c22-9-3-12(23)10(13(24)4-9)5-28-19(33)11-6-29-14-1-2-35-7-15(14)30(8-21(25,26)27)20(34)16(29)18(32)17(11)31/h3-4,6,14-15,32H,1-2,5,7-8H2,(H,28,33)/t14-,15-/m1/s1. The molecule has 0 radical (unpaired) electrons. The lowest BCUT2D eigenvalue weighted by Crippen LogP contribution is -2.57. The zero-order chi connectivity index (χ0) is 25.7. The van der Waals surface area contributed by atoms with Gasteiger partial charge in [-0.25, -0.2) is 13.2 Å². The van der Waals surface area contributed by atoms with Crippen LogP contribution in [0.5, 0.6) is 5.75 Å². The minimum atomic E-state index is -4.76. The van der Waals surface area contributed by atoms with E-state index in [0.29, 0.717) is 17.0 Å². The molecular formula is C21H17F6N3O5. The number of carbonyl (C=O) groups is 2. The van der Waals surface area contributed by atoms with Gasteiger partial charge in [-0.2, -0.15) is 13.2 Å². The molecule has 0 saturated carbocycles. The van der Waals surface area contributed by atoms with Crippen LogP contribution in [0.3, 0.4) is 0 Å². The number of carbonyl (C=O) groups excluding carboxylic acids is 2. The van der Waals surface area contributed by atoms with E-state index in [1.54, 1.807) is 0 Å². The molecule has 1 aromatic carbocycles. The van der Waals surface area contributed by atoms with Gasteiger partial charge < -0.3 is 24.6 Å². The minimum absolute atomic E-state index is 0.103. The maximum atomic E-state index is 13.8. The zero-order valence-corrected chi connectivity index (χ0v) is 17.7. The lowest BCUT2D eigenvalue weighted by molar-refractivity contribution is -0.153. The number of aromatic nitrogens is 1. The van der Waals surface area contributed by atoms with Crippen molar-refractivity contribution in [3.63, 3.8) is 0 Å². The molecule has 0 unspecified atom stereocenters. The smallest absolute Gasteiger partial charge is 0.406 e. The number of benzene rings is 1. The highest BCUT2D eigenvalue weighted by molar-refractivity contribution is 5.99. The van der Waals surface area contributed by atoms with Crippen molar-refractivity contribution in [3.05, 3.63) is 62.8 Å². The summed E-state index contributed by atoms with van der Waals surface area (Å²) in [6, 6.07) is -1.16. The Kier molecular flexibility index (Phi) is 6.25. The average Bonchev–Trinajstić information content (AvgIpc) is 2.76. The number of hydrogen-bond acceptors (Lipinski definition) is 5. The van der Waals surface area contributed by atoms with Gasteiger partial charge in [0.1, 0.15) is 29.6 Å². The Morgan fingerprint density at radius 1 is 1.14 bits per heavy atom. The van der Waals surface area contributed by atoms with E-state index >= 15 is 0 Å². The van der Waals surface area contributed by atoms with E-state index in [-0.39, 0.29) is 19.6 Å². The van der Waals surface area contributed by atoms with E-state index in [1.165, 1.54) is 0 Å². The van der Waals surface area contributed by atoms with Gasteiger partial charge in [-0.05, 0) is 6.42 Å². The van der Waals surface area contributed by atoms with Gasteiger partial charge in [-0.3, -0.25) is 14.4 Å².